The molecule has 1 saturated carbocycles. The second-order valence-corrected chi connectivity index (χ2v) is 8.65. The lowest BCUT2D eigenvalue weighted by Crippen LogP contribution is -2.63. The Kier molecular flexibility index (Phi) is 2.99. The van der Waals surface area contributed by atoms with Gasteiger partial charge in [-0.1, -0.05) is 25.5 Å². The van der Waals surface area contributed by atoms with Gasteiger partial charge in [0.1, 0.15) is 17.1 Å². The Bertz CT molecular complexity index is 691. The van der Waals surface area contributed by atoms with Crippen LogP contribution >= 0.6 is 0 Å². The summed E-state index contributed by atoms with van der Waals surface area (Å²) in [5.41, 5.74) is 3.03. The topological polar surface area (TPSA) is 29.5 Å². The van der Waals surface area contributed by atoms with Crippen molar-refractivity contribution in [2.45, 2.75) is 65.4 Å². The number of ether oxygens (including phenoxy) is 1. The fourth-order valence-corrected chi connectivity index (χ4v) is 5.76. The summed E-state index contributed by atoms with van der Waals surface area (Å²) in [4.78, 5) is 0. The van der Waals surface area contributed by atoms with Crippen LogP contribution in [0.2, 0.25) is 0 Å². The molecule has 2 heteroatoms. The summed E-state index contributed by atoms with van der Waals surface area (Å²) in [5, 5.41) is 9.89. The Hall–Kier alpha value is -1.44. The lowest BCUT2D eigenvalue weighted by atomic mass is 9.44. The minimum Gasteiger partial charge on any atom is -0.508 e. The lowest BCUT2D eigenvalue weighted by molar-refractivity contribution is -0.158. The average molecular weight is 312 g/mol. The van der Waals surface area contributed by atoms with E-state index in [1.807, 2.05) is 12.1 Å². The van der Waals surface area contributed by atoms with Crippen molar-refractivity contribution in [3.8, 4) is 11.5 Å². The van der Waals surface area contributed by atoms with Crippen LogP contribution in [0.1, 0.15) is 58.9 Å². The van der Waals surface area contributed by atoms with Crippen molar-refractivity contribution >= 4 is 0 Å². The minimum absolute atomic E-state index is 0.107. The lowest BCUT2D eigenvalue weighted by Gasteiger charge is -2.63. The number of phenolic OH excluding ortho intramolecular Hbond substituents is 1. The molecule has 0 aromatic heterocycles. The van der Waals surface area contributed by atoms with Crippen LogP contribution in [0.15, 0.2) is 29.8 Å². The molecule has 0 bridgehead atoms. The fraction of sp³-hybridized carbons (Fsp3) is 0.619. The third-order valence-electron chi connectivity index (χ3n) is 7.61. The Morgan fingerprint density at radius 1 is 1.17 bits per heavy atom. The van der Waals surface area contributed by atoms with Crippen LogP contribution in [0.3, 0.4) is 0 Å². The molecule has 23 heavy (non-hydrogen) atoms. The Labute approximate surface area is 139 Å². The number of rotatable bonds is 0. The van der Waals surface area contributed by atoms with Crippen molar-refractivity contribution in [1.82, 2.24) is 0 Å². The maximum absolute atomic E-state index is 9.89. The van der Waals surface area contributed by atoms with E-state index in [1.54, 1.807) is 11.6 Å². The molecule has 0 saturated heterocycles. The van der Waals surface area contributed by atoms with Crippen molar-refractivity contribution in [3.05, 3.63) is 35.4 Å². The van der Waals surface area contributed by atoms with E-state index in [0.717, 1.165) is 18.6 Å². The molecule has 1 heterocycles. The van der Waals surface area contributed by atoms with E-state index in [2.05, 4.69) is 33.8 Å². The summed E-state index contributed by atoms with van der Waals surface area (Å²) >= 11 is 0. The molecule has 0 unspecified atom stereocenters. The van der Waals surface area contributed by atoms with Crippen molar-refractivity contribution in [2.75, 3.05) is 0 Å². The quantitative estimate of drug-likeness (QED) is 0.663. The van der Waals surface area contributed by atoms with Gasteiger partial charge < -0.3 is 9.84 Å². The monoisotopic (exact) mass is 312 g/mol. The van der Waals surface area contributed by atoms with Gasteiger partial charge in [-0.05, 0) is 81.0 Å². The van der Waals surface area contributed by atoms with Gasteiger partial charge in [-0.3, -0.25) is 0 Å². The van der Waals surface area contributed by atoms with Gasteiger partial charge in [0.15, 0.2) is 0 Å². The predicted octanol–water partition coefficient (Wildman–Crippen LogP) is 5.25. The molecule has 4 atom stereocenters. The molecular formula is C21H28O2. The number of phenols is 1. The maximum Gasteiger partial charge on any atom is 0.123 e. The van der Waals surface area contributed by atoms with E-state index in [9.17, 15) is 5.11 Å². The van der Waals surface area contributed by atoms with Crippen LogP contribution in [0, 0.1) is 16.7 Å². The Morgan fingerprint density at radius 2 is 1.96 bits per heavy atom. The van der Waals surface area contributed by atoms with Gasteiger partial charge in [0.2, 0.25) is 0 Å². The summed E-state index contributed by atoms with van der Waals surface area (Å²) < 4.78 is 6.58. The zero-order chi connectivity index (χ0) is 16.5. The zero-order valence-corrected chi connectivity index (χ0v) is 14.8. The second-order valence-electron chi connectivity index (χ2n) is 8.65. The van der Waals surface area contributed by atoms with E-state index < -0.39 is 0 Å². The fourth-order valence-electron chi connectivity index (χ4n) is 5.76. The molecule has 4 rings (SSSR count). The largest absolute Gasteiger partial charge is 0.508 e. The summed E-state index contributed by atoms with van der Waals surface area (Å²) in [6.07, 6.45) is 8.19. The molecule has 124 valence electrons. The highest BCUT2D eigenvalue weighted by Crippen LogP contribution is 2.65. The highest BCUT2D eigenvalue weighted by Gasteiger charge is 2.62. The molecular weight excluding hydrogens is 284 g/mol. The Morgan fingerprint density at radius 3 is 2.74 bits per heavy atom. The van der Waals surface area contributed by atoms with Crippen LogP contribution < -0.4 is 4.74 Å². The molecule has 1 aromatic rings. The van der Waals surface area contributed by atoms with Gasteiger partial charge >= 0.3 is 0 Å². The zero-order valence-electron chi connectivity index (χ0n) is 14.8. The first-order valence-corrected chi connectivity index (χ1v) is 8.97. The van der Waals surface area contributed by atoms with Crippen LogP contribution in [0.25, 0.3) is 0 Å². The van der Waals surface area contributed by atoms with Gasteiger partial charge in [-0.15, -0.1) is 0 Å². The normalized spacial score (nSPS) is 41.9. The summed E-state index contributed by atoms with van der Waals surface area (Å²) in [5.74, 6) is 1.95. The minimum atomic E-state index is -0.112. The molecule has 2 aliphatic carbocycles. The summed E-state index contributed by atoms with van der Waals surface area (Å²) in [6.45, 7) is 9.53. The molecule has 1 fully saturated rings. The first-order valence-electron chi connectivity index (χ1n) is 8.97. The van der Waals surface area contributed by atoms with Crippen LogP contribution in [0.5, 0.6) is 11.5 Å². The molecule has 0 amide bonds. The molecule has 2 nitrogen and oxygen atoms in total. The van der Waals surface area contributed by atoms with Crippen LogP contribution in [0.4, 0.5) is 0 Å². The standard InChI is InChI=1S/C21H28O2/c1-14-6-5-7-18-19(14,2)10-11-21(4)20(18,3)13-15-12-16(22)8-9-17(15)23-21/h6,8-9,12,18,22H,5,7,10-11,13H2,1-4H3/t18-,19-,20+,21-/m1/s1. The maximum atomic E-state index is 9.89. The number of allylic oxidation sites excluding steroid dienone is 2. The Balaban J connectivity index is 1.84. The van der Waals surface area contributed by atoms with E-state index in [0.29, 0.717) is 17.1 Å². The number of aromatic hydroxyl groups is 1. The van der Waals surface area contributed by atoms with Crippen molar-refractivity contribution in [1.29, 1.82) is 0 Å². The van der Waals surface area contributed by atoms with Crippen molar-refractivity contribution in [3.63, 3.8) is 0 Å². The van der Waals surface area contributed by atoms with E-state index in [1.165, 1.54) is 24.8 Å². The first kappa shape index (κ1) is 15.1. The van der Waals surface area contributed by atoms with Crippen molar-refractivity contribution in [2.24, 2.45) is 16.7 Å². The third-order valence-corrected chi connectivity index (χ3v) is 7.61. The van der Waals surface area contributed by atoms with Gasteiger partial charge in [0.05, 0.1) is 0 Å². The highest BCUT2D eigenvalue weighted by molar-refractivity contribution is 5.44. The third kappa shape index (κ3) is 1.87. The van der Waals surface area contributed by atoms with Crippen LogP contribution in [-0.2, 0) is 6.42 Å². The second kappa shape index (κ2) is 4.55. The van der Waals surface area contributed by atoms with Gasteiger partial charge in [-0.2, -0.15) is 0 Å². The predicted molar refractivity (Wildman–Crippen MR) is 92.8 cm³/mol. The molecule has 0 radical (unpaired) electrons. The number of hydrogen-bond donors (Lipinski definition) is 1. The number of fused-ring (bicyclic) bond motifs is 4. The molecule has 3 aliphatic rings. The summed E-state index contributed by atoms with van der Waals surface area (Å²) in [6, 6.07) is 5.58. The number of hydrogen-bond acceptors (Lipinski definition) is 2. The highest BCUT2D eigenvalue weighted by atomic mass is 16.5. The number of benzene rings is 1. The molecule has 0 spiro atoms. The van der Waals surface area contributed by atoms with E-state index in [4.69, 9.17) is 4.74 Å². The molecule has 1 aliphatic heterocycles. The van der Waals surface area contributed by atoms with Gasteiger partial charge in [-0.25, -0.2) is 0 Å². The van der Waals surface area contributed by atoms with E-state index >= 15 is 0 Å². The first-order chi connectivity index (χ1) is 10.8. The van der Waals surface area contributed by atoms with Crippen molar-refractivity contribution < 1.29 is 9.84 Å². The van der Waals surface area contributed by atoms with E-state index in [-0.39, 0.29) is 11.0 Å². The van der Waals surface area contributed by atoms with Crippen LogP contribution in [-0.4, -0.2) is 10.7 Å². The smallest absolute Gasteiger partial charge is 0.123 e. The van der Waals surface area contributed by atoms with Gasteiger partial charge in [0.25, 0.3) is 0 Å². The molecule has 1 aromatic carbocycles. The molecule has 1 N–H and O–H groups in total. The summed E-state index contributed by atoms with van der Waals surface area (Å²) in [7, 11) is 0. The van der Waals surface area contributed by atoms with Gasteiger partial charge in [0, 0.05) is 5.41 Å². The SMILES string of the molecule is CC1=CCC[C@H]2[C@]3(C)Cc4cc(O)ccc4O[C@]3(C)CC[C@]12C. The average Bonchev–Trinajstić information content (AvgIpc) is 2.49.